The van der Waals surface area contributed by atoms with Gasteiger partial charge in [-0.25, -0.2) is 9.18 Å². The van der Waals surface area contributed by atoms with Gasteiger partial charge in [0, 0.05) is 6.54 Å². The number of halogens is 1. The number of likely N-dealkylation sites (tertiary alicyclic amines) is 1. The molecule has 7 heteroatoms. The summed E-state index contributed by atoms with van der Waals surface area (Å²) in [5.41, 5.74) is 1.05. The van der Waals surface area contributed by atoms with E-state index in [-0.39, 0.29) is 10.8 Å². The summed E-state index contributed by atoms with van der Waals surface area (Å²) in [6.45, 7) is 1.97. The Kier molecular flexibility index (Phi) is 4.38. The summed E-state index contributed by atoms with van der Waals surface area (Å²) in [6, 6.07) is 6.73. The van der Waals surface area contributed by atoms with Gasteiger partial charge in [0.1, 0.15) is 10.7 Å². The molecule has 1 aromatic heterocycles. The maximum atomic E-state index is 13.5. The normalized spacial score (nSPS) is 20.4. The maximum absolute atomic E-state index is 13.5. The molecule has 0 saturated carbocycles. The Bertz CT molecular complexity index is 804. The molecule has 1 aliphatic heterocycles. The first kappa shape index (κ1) is 16.6. The number of nitrogens with zero attached hydrogens (tertiary/aromatic N) is 1. The number of aliphatic hydroxyl groups excluding tert-OH is 1. The number of hydrogen-bond acceptors (Lipinski definition) is 4. The molecule has 2 atom stereocenters. The van der Waals surface area contributed by atoms with E-state index in [0.29, 0.717) is 29.0 Å². The summed E-state index contributed by atoms with van der Waals surface area (Å²) < 4.78 is 13.5. The van der Waals surface area contributed by atoms with E-state index in [1.54, 1.807) is 19.1 Å². The van der Waals surface area contributed by atoms with Crippen LogP contribution in [-0.2, 0) is 0 Å². The van der Waals surface area contributed by atoms with Gasteiger partial charge >= 0.3 is 5.97 Å². The molecule has 2 heterocycles. The van der Waals surface area contributed by atoms with Crippen LogP contribution in [0.4, 0.5) is 4.39 Å². The molecule has 2 aromatic rings. The number of aromatic carboxylic acids is 1. The third-order valence-electron chi connectivity index (χ3n) is 4.14. The van der Waals surface area contributed by atoms with E-state index in [4.69, 9.17) is 5.11 Å². The van der Waals surface area contributed by atoms with E-state index in [2.05, 4.69) is 0 Å². The smallest absolute Gasteiger partial charge is 0.346 e. The standard InChI is InChI=1S/C17H16FNO4S/c1-9-7-13(24-15(9)17(22)23)16(21)19-6-5-12(20)14(19)10-3-2-4-11(18)8-10/h2-4,7-8,12,14,20H,5-6H2,1H3,(H,22,23)/t12-,14-/m1/s1. The van der Waals surface area contributed by atoms with Crippen LogP contribution in [0.15, 0.2) is 30.3 Å². The van der Waals surface area contributed by atoms with E-state index >= 15 is 0 Å². The first-order valence-electron chi connectivity index (χ1n) is 7.46. The predicted molar refractivity (Wildman–Crippen MR) is 86.8 cm³/mol. The molecule has 2 N–H and O–H groups in total. The van der Waals surface area contributed by atoms with Gasteiger partial charge in [-0.2, -0.15) is 0 Å². The van der Waals surface area contributed by atoms with Crippen molar-refractivity contribution in [2.45, 2.75) is 25.5 Å². The SMILES string of the molecule is Cc1cc(C(=O)N2CC[C@@H](O)[C@H]2c2cccc(F)c2)sc1C(=O)O. The molecule has 0 radical (unpaired) electrons. The highest BCUT2D eigenvalue weighted by atomic mass is 32.1. The maximum Gasteiger partial charge on any atom is 0.346 e. The number of rotatable bonds is 3. The van der Waals surface area contributed by atoms with Crippen LogP contribution in [0.25, 0.3) is 0 Å². The fourth-order valence-electron chi connectivity index (χ4n) is 3.04. The van der Waals surface area contributed by atoms with Gasteiger partial charge in [0.15, 0.2) is 0 Å². The molecule has 0 unspecified atom stereocenters. The van der Waals surface area contributed by atoms with Crippen molar-refractivity contribution in [2.24, 2.45) is 0 Å². The lowest BCUT2D eigenvalue weighted by atomic mass is 10.0. The van der Waals surface area contributed by atoms with Gasteiger partial charge < -0.3 is 15.1 Å². The third-order valence-corrected chi connectivity index (χ3v) is 5.35. The van der Waals surface area contributed by atoms with Crippen LogP contribution >= 0.6 is 11.3 Å². The third kappa shape index (κ3) is 2.92. The zero-order valence-electron chi connectivity index (χ0n) is 12.9. The number of aryl methyl sites for hydroxylation is 1. The molecule has 1 aliphatic rings. The number of amides is 1. The van der Waals surface area contributed by atoms with Crippen molar-refractivity contribution in [2.75, 3.05) is 6.54 Å². The largest absolute Gasteiger partial charge is 0.477 e. The van der Waals surface area contributed by atoms with Gasteiger partial charge in [0.2, 0.25) is 0 Å². The van der Waals surface area contributed by atoms with Crippen LogP contribution in [0.5, 0.6) is 0 Å². The van der Waals surface area contributed by atoms with Crippen LogP contribution in [0.2, 0.25) is 0 Å². The topological polar surface area (TPSA) is 77.8 Å². The number of benzene rings is 1. The molecule has 5 nitrogen and oxygen atoms in total. The van der Waals surface area contributed by atoms with E-state index in [1.807, 2.05) is 0 Å². The fourth-order valence-corrected chi connectivity index (χ4v) is 4.01. The fraction of sp³-hybridized carbons (Fsp3) is 0.294. The van der Waals surface area contributed by atoms with Crippen molar-refractivity contribution in [3.63, 3.8) is 0 Å². The predicted octanol–water partition coefficient (Wildman–Crippen LogP) is 2.84. The molecule has 0 bridgehead atoms. The van der Waals surface area contributed by atoms with Gasteiger partial charge in [0.05, 0.1) is 17.0 Å². The Balaban J connectivity index is 1.93. The molecule has 126 valence electrons. The lowest BCUT2D eigenvalue weighted by Crippen LogP contribution is -2.32. The van der Waals surface area contributed by atoms with E-state index in [0.717, 1.165) is 11.3 Å². The Morgan fingerprint density at radius 1 is 1.33 bits per heavy atom. The summed E-state index contributed by atoms with van der Waals surface area (Å²) in [4.78, 5) is 25.9. The number of hydrogen-bond donors (Lipinski definition) is 2. The van der Waals surface area contributed by atoms with Crippen LogP contribution in [0, 0.1) is 12.7 Å². The molecule has 1 fully saturated rings. The molecular weight excluding hydrogens is 333 g/mol. The molecule has 24 heavy (non-hydrogen) atoms. The summed E-state index contributed by atoms with van der Waals surface area (Å²) in [6.07, 6.45) is -0.390. The first-order valence-corrected chi connectivity index (χ1v) is 8.28. The lowest BCUT2D eigenvalue weighted by Gasteiger charge is -2.26. The Labute approximate surface area is 142 Å². The molecule has 1 amide bonds. The van der Waals surface area contributed by atoms with Crippen LogP contribution < -0.4 is 0 Å². The average Bonchev–Trinajstić information content (AvgIpc) is 3.10. The molecule has 1 saturated heterocycles. The van der Waals surface area contributed by atoms with Crippen molar-refractivity contribution >= 4 is 23.2 Å². The van der Waals surface area contributed by atoms with E-state index in [1.165, 1.54) is 23.1 Å². The first-order chi connectivity index (χ1) is 11.4. The molecule has 0 spiro atoms. The van der Waals surface area contributed by atoms with Crippen molar-refractivity contribution in [1.29, 1.82) is 0 Å². The van der Waals surface area contributed by atoms with Crippen molar-refractivity contribution in [3.8, 4) is 0 Å². The number of carbonyl (C=O) groups is 2. The molecular formula is C17H16FNO4S. The van der Waals surface area contributed by atoms with Gasteiger partial charge in [-0.3, -0.25) is 4.79 Å². The van der Waals surface area contributed by atoms with Crippen LogP contribution in [0.3, 0.4) is 0 Å². The quantitative estimate of drug-likeness (QED) is 0.893. The minimum atomic E-state index is -1.07. The average molecular weight is 349 g/mol. The number of carboxylic acid groups (broad SMARTS) is 1. The van der Waals surface area contributed by atoms with Crippen LogP contribution in [0.1, 0.15) is 42.9 Å². The molecule has 3 rings (SSSR count). The van der Waals surface area contributed by atoms with E-state index < -0.39 is 23.9 Å². The Hall–Kier alpha value is -2.25. The monoisotopic (exact) mass is 349 g/mol. The van der Waals surface area contributed by atoms with E-state index in [9.17, 15) is 19.1 Å². The van der Waals surface area contributed by atoms with Gasteiger partial charge in [0.25, 0.3) is 5.91 Å². The second kappa shape index (κ2) is 6.33. The summed E-state index contributed by atoms with van der Waals surface area (Å²) in [5.74, 6) is -1.85. The molecule has 1 aromatic carbocycles. The second-order valence-electron chi connectivity index (χ2n) is 5.78. The number of aliphatic hydroxyl groups is 1. The lowest BCUT2D eigenvalue weighted by molar-refractivity contribution is 0.0641. The van der Waals surface area contributed by atoms with Gasteiger partial charge in [-0.05, 0) is 42.7 Å². The number of carbonyl (C=O) groups excluding carboxylic acids is 1. The summed E-state index contributed by atoms with van der Waals surface area (Å²) in [5, 5.41) is 19.4. The van der Waals surface area contributed by atoms with Gasteiger partial charge in [-0.15, -0.1) is 11.3 Å². The van der Waals surface area contributed by atoms with Crippen molar-refractivity contribution < 1.29 is 24.2 Å². The summed E-state index contributed by atoms with van der Waals surface area (Å²) >= 11 is 0.918. The Morgan fingerprint density at radius 2 is 2.08 bits per heavy atom. The highest BCUT2D eigenvalue weighted by molar-refractivity contribution is 7.16. The highest BCUT2D eigenvalue weighted by Crippen LogP contribution is 2.35. The van der Waals surface area contributed by atoms with Crippen molar-refractivity contribution in [3.05, 3.63) is 57.0 Å². The second-order valence-corrected chi connectivity index (χ2v) is 6.83. The van der Waals surface area contributed by atoms with Gasteiger partial charge in [-0.1, -0.05) is 12.1 Å². The minimum Gasteiger partial charge on any atom is -0.477 e. The van der Waals surface area contributed by atoms with Crippen LogP contribution in [-0.4, -0.2) is 39.6 Å². The number of carboxylic acids is 1. The molecule has 0 aliphatic carbocycles. The number of thiophene rings is 1. The highest BCUT2D eigenvalue weighted by Gasteiger charge is 2.38. The zero-order valence-corrected chi connectivity index (χ0v) is 13.7. The van der Waals surface area contributed by atoms with Crippen molar-refractivity contribution in [1.82, 2.24) is 4.90 Å². The summed E-state index contributed by atoms with van der Waals surface area (Å²) in [7, 11) is 0. The zero-order chi connectivity index (χ0) is 17.4. The minimum absolute atomic E-state index is 0.125. The Morgan fingerprint density at radius 3 is 2.71 bits per heavy atom.